The smallest absolute Gasteiger partial charge is 0.390 e. The molecule has 0 radical (unpaired) electrons. The highest BCUT2D eigenvalue weighted by Gasteiger charge is 2.36. The van der Waals surface area contributed by atoms with E-state index in [1.807, 2.05) is 0 Å². The van der Waals surface area contributed by atoms with Crippen LogP contribution in [-0.2, 0) is 4.79 Å². The number of hydrogen-bond donors (Lipinski definition) is 2. The molecule has 0 bridgehead atoms. The zero-order valence-electron chi connectivity index (χ0n) is 21.0. The molecular formula is C24H37F3N8O. The number of carbonyl (C=O) groups excluding carboxylic acids is 1. The number of rotatable bonds is 11. The van der Waals surface area contributed by atoms with Gasteiger partial charge in [-0.2, -0.15) is 18.3 Å². The monoisotopic (exact) mass is 510 g/mol. The SMILES string of the molecule is CC(C)CN1CC(n2cc(\N=C/C(=C(\N=C\N)NCCCN3CCCCCC3=O)C(F)(F)F)cn2)C1. The van der Waals surface area contributed by atoms with Gasteiger partial charge in [-0.15, -0.1) is 0 Å². The summed E-state index contributed by atoms with van der Waals surface area (Å²) in [6, 6.07) is 0.195. The van der Waals surface area contributed by atoms with Crippen LogP contribution in [0.25, 0.3) is 0 Å². The quantitative estimate of drug-likeness (QED) is 0.270. The van der Waals surface area contributed by atoms with Crippen molar-refractivity contribution >= 4 is 24.1 Å². The zero-order chi connectivity index (χ0) is 26.1. The summed E-state index contributed by atoms with van der Waals surface area (Å²) in [6.45, 7) is 8.43. The van der Waals surface area contributed by atoms with Crippen molar-refractivity contribution in [2.75, 3.05) is 39.3 Å². The molecule has 1 amide bonds. The summed E-state index contributed by atoms with van der Waals surface area (Å²) >= 11 is 0. The molecule has 0 aliphatic carbocycles. The predicted octanol–water partition coefficient (Wildman–Crippen LogP) is 3.24. The number of aliphatic imine (C=N–C) groups is 2. The molecular weight excluding hydrogens is 473 g/mol. The van der Waals surface area contributed by atoms with Gasteiger partial charge in [0.2, 0.25) is 5.91 Å². The summed E-state index contributed by atoms with van der Waals surface area (Å²) in [7, 11) is 0. The van der Waals surface area contributed by atoms with Gasteiger partial charge in [-0.25, -0.2) is 4.99 Å². The van der Waals surface area contributed by atoms with E-state index in [2.05, 4.69) is 39.1 Å². The zero-order valence-corrected chi connectivity index (χ0v) is 21.0. The van der Waals surface area contributed by atoms with Crippen LogP contribution < -0.4 is 11.1 Å². The molecule has 0 atom stereocenters. The summed E-state index contributed by atoms with van der Waals surface area (Å²) in [5.74, 6) is 0.264. The van der Waals surface area contributed by atoms with Gasteiger partial charge in [0.15, 0.2) is 0 Å². The van der Waals surface area contributed by atoms with Crippen molar-refractivity contribution < 1.29 is 18.0 Å². The maximum Gasteiger partial charge on any atom is 0.421 e. The second-order valence-electron chi connectivity index (χ2n) is 9.71. The van der Waals surface area contributed by atoms with E-state index in [0.29, 0.717) is 37.5 Å². The van der Waals surface area contributed by atoms with E-state index in [1.165, 1.54) is 6.20 Å². The van der Waals surface area contributed by atoms with E-state index in [4.69, 9.17) is 5.73 Å². The van der Waals surface area contributed by atoms with Gasteiger partial charge in [-0.05, 0) is 25.2 Å². The maximum absolute atomic E-state index is 13.9. The highest BCUT2D eigenvalue weighted by Crippen LogP contribution is 2.28. The molecule has 0 spiro atoms. The summed E-state index contributed by atoms with van der Waals surface area (Å²) in [6.07, 6.45) is 3.84. The fourth-order valence-electron chi connectivity index (χ4n) is 4.41. The first-order valence-electron chi connectivity index (χ1n) is 12.5. The molecule has 1 aromatic heterocycles. The van der Waals surface area contributed by atoms with Gasteiger partial charge in [-0.1, -0.05) is 20.3 Å². The van der Waals surface area contributed by atoms with Crippen molar-refractivity contribution in [2.24, 2.45) is 21.6 Å². The average Bonchev–Trinajstić information content (AvgIpc) is 3.14. The van der Waals surface area contributed by atoms with Crippen LogP contribution >= 0.6 is 0 Å². The van der Waals surface area contributed by atoms with Gasteiger partial charge >= 0.3 is 6.18 Å². The highest BCUT2D eigenvalue weighted by molar-refractivity contribution is 5.83. The first-order valence-corrected chi connectivity index (χ1v) is 12.5. The second kappa shape index (κ2) is 12.9. The van der Waals surface area contributed by atoms with Crippen LogP contribution in [0, 0.1) is 5.92 Å². The van der Waals surface area contributed by atoms with Crippen molar-refractivity contribution in [3.8, 4) is 0 Å². The van der Waals surface area contributed by atoms with E-state index in [9.17, 15) is 18.0 Å². The van der Waals surface area contributed by atoms with Crippen LogP contribution in [0.4, 0.5) is 18.9 Å². The Morgan fingerprint density at radius 1 is 1.31 bits per heavy atom. The van der Waals surface area contributed by atoms with Gasteiger partial charge < -0.3 is 16.0 Å². The summed E-state index contributed by atoms with van der Waals surface area (Å²) in [5.41, 5.74) is 4.62. The van der Waals surface area contributed by atoms with Gasteiger partial charge in [0.25, 0.3) is 0 Å². The Hall–Kier alpha value is -2.89. The van der Waals surface area contributed by atoms with Crippen molar-refractivity contribution in [1.82, 2.24) is 24.9 Å². The molecule has 0 unspecified atom stereocenters. The number of carbonyl (C=O) groups is 1. The van der Waals surface area contributed by atoms with Gasteiger partial charge in [0.05, 0.1) is 24.8 Å². The molecule has 200 valence electrons. The number of nitrogens with two attached hydrogens (primary N) is 1. The number of alkyl halides is 3. The number of hydrogen-bond acceptors (Lipinski definition) is 6. The third-order valence-corrected chi connectivity index (χ3v) is 6.20. The number of nitrogens with one attached hydrogen (secondary N) is 1. The predicted molar refractivity (Wildman–Crippen MR) is 134 cm³/mol. The molecule has 1 aromatic rings. The molecule has 3 rings (SSSR count). The number of halogens is 3. The van der Waals surface area contributed by atoms with Crippen LogP contribution in [0.15, 0.2) is 33.8 Å². The highest BCUT2D eigenvalue weighted by atomic mass is 19.4. The van der Waals surface area contributed by atoms with E-state index in [1.54, 1.807) is 15.8 Å². The van der Waals surface area contributed by atoms with Crippen LogP contribution in [0.3, 0.4) is 0 Å². The molecule has 9 nitrogen and oxygen atoms in total. The molecule has 2 aliphatic rings. The van der Waals surface area contributed by atoms with E-state index in [-0.39, 0.29) is 18.5 Å². The Balaban J connectivity index is 1.62. The summed E-state index contributed by atoms with van der Waals surface area (Å²) in [5, 5.41) is 6.99. The molecule has 3 N–H and O–H groups in total. The van der Waals surface area contributed by atoms with Crippen LogP contribution in [-0.4, -0.2) is 83.5 Å². The standard InChI is InChI=1S/C24H37F3N8O/c1-18(2)13-33-15-20(16-33)35-14-19(11-32-35)30-12-21(24(25,26)27)23(31-17-28)29-8-6-10-34-9-5-3-4-7-22(34)36/h11-12,14,17-18,20,29H,3-10,13,15-16H2,1-2H3,(H2,28,31)/b23-21+,30-12-. The third kappa shape index (κ3) is 8.07. The summed E-state index contributed by atoms with van der Waals surface area (Å²) < 4.78 is 43.3. The van der Waals surface area contributed by atoms with Crippen LogP contribution in [0.1, 0.15) is 52.0 Å². The lowest BCUT2D eigenvalue weighted by atomic mass is 10.1. The first-order chi connectivity index (χ1) is 17.2. The van der Waals surface area contributed by atoms with Crippen LogP contribution in [0.2, 0.25) is 0 Å². The molecule has 36 heavy (non-hydrogen) atoms. The molecule has 2 aliphatic heterocycles. The topological polar surface area (TPSA) is 104 Å². The number of allylic oxidation sites excluding steroid dienone is 1. The maximum atomic E-state index is 13.9. The molecule has 12 heteroatoms. The Kier molecular flexibility index (Phi) is 9.91. The lowest BCUT2D eigenvalue weighted by Crippen LogP contribution is -2.49. The minimum Gasteiger partial charge on any atom is -0.390 e. The van der Waals surface area contributed by atoms with Crippen molar-refractivity contribution in [2.45, 2.75) is 58.2 Å². The van der Waals surface area contributed by atoms with E-state index < -0.39 is 17.6 Å². The summed E-state index contributed by atoms with van der Waals surface area (Å²) in [4.78, 5) is 23.9. The van der Waals surface area contributed by atoms with Gasteiger partial charge in [0, 0.05) is 51.9 Å². The largest absolute Gasteiger partial charge is 0.421 e. The van der Waals surface area contributed by atoms with E-state index >= 15 is 0 Å². The number of likely N-dealkylation sites (tertiary alicyclic amines) is 2. The minimum atomic E-state index is -4.69. The molecule has 2 saturated heterocycles. The molecule has 3 heterocycles. The number of amides is 1. The van der Waals surface area contributed by atoms with Gasteiger partial charge in [0.1, 0.15) is 17.1 Å². The first kappa shape index (κ1) is 27.7. The molecule has 0 saturated carbocycles. The third-order valence-electron chi connectivity index (χ3n) is 6.20. The Labute approximate surface area is 210 Å². The Morgan fingerprint density at radius 3 is 2.78 bits per heavy atom. The molecule has 2 fully saturated rings. The minimum absolute atomic E-state index is 0.0986. The number of nitrogens with zero attached hydrogens (tertiary/aromatic N) is 6. The number of aromatic nitrogens is 2. The van der Waals surface area contributed by atoms with Gasteiger partial charge in [-0.3, -0.25) is 19.4 Å². The Bertz CT molecular complexity index is 947. The lowest BCUT2D eigenvalue weighted by molar-refractivity contribution is -0.130. The Morgan fingerprint density at radius 2 is 2.08 bits per heavy atom. The van der Waals surface area contributed by atoms with Crippen LogP contribution in [0.5, 0.6) is 0 Å². The van der Waals surface area contributed by atoms with E-state index in [0.717, 1.165) is 51.4 Å². The fraction of sp³-hybridized carbons (Fsp3) is 0.667. The van der Waals surface area contributed by atoms with Crippen molar-refractivity contribution in [1.29, 1.82) is 0 Å². The van der Waals surface area contributed by atoms with Crippen molar-refractivity contribution in [3.63, 3.8) is 0 Å². The normalized spacial score (nSPS) is 19.3. The average molecular weight is 511 g/mol. The van der Waals surface area contributed by atoms with Crippen molar-refractivity contribution in [3.05, 3.63) is 23.8 Å². The second-order valence-corrected chi connectivity index (χ2v) is 9.71. The lowest BCUT2D eigenvalue weighted by Gasteiger charge is -2.40. The molecule has 0 aromatic carbocycles. The fourth-order valence-corrected chi connectivity index (χ4v) is 4.41.